The number of phosphoric acid groups is 2. The number of esters is 4. The number of carbonyl (C=O) groups excluding carboxylic acids is 4. The van der Waals surface area contributed by atoms with E-state index in [-0.39, 0.29) is 25.7 Å². The third-order valence-electron chi connectivity index (χ3n) is 18.3. The number of phosphoric ester groups is 2. The Kier molecular flexibility index (Phi) is 69.7. The van der Waals surface area contributed by atoms with E-state index in [4.69, 9.17) is 37.0 Å². The van der Waals surface area contributed by atoms with Crippen molar-refractivity contribution in [3.05, 3.63) is 24.3 Å². The molecule has 3 unspecified atom stereocenters. The van der Waals surface area contributed by atoms with Crippen LogP contribution in [0.5, 0.6) is 0 Å². The van der Waals surface area contributed by atoms with Crippen LogP contribution in [-0.2, 0) is 65.4 Å². The number of unbranched alkanes of at least 4 members (excludes halogenated alkanes) is 45. The molecule has 0 amide bonds. The number of aliphatic hydroxyl groups excluding tert-OH is 1. The molecule has 0 aliphatic rings. The fourth-order valence-corrected chi connectivity index (χ4v) is 13.2. The molecule has 0 heterocycles. The quantitative estimate of drug-likeness (QED) is 0.0169. The summed E-state index contributed by atoms with van der Waals surface area (Å²) in [5.74, 6) is -1.34. The van der Waals surface area contributed by atoms with Gasteiger partial charge in [-0.1, -0.05) is 341 Å². The largest absolute Gasteiger partial charge is 0.472 e. The molecule has 17 nitrogen and oxygen atoms in total. The monoisotopic (exact) mass is 1430 g/mol. The van der Waals surface area contributed by atoms with Crippen molar-refractivity contribution in [3.63, 3.8) is 0 Å². The van der Waals surface area contributed by atoms with Crippen molar-refractivity contribution in [1.29, 1.82) is 0 Å². The lowest BCUT2D eigenvalue weighted by Crippen LogP contribution is -2.30. The van der Waals surface area contributed by atoms with Crippen LogP contribution < -0.4 is 0 Å². The van der Waals surface area contributed by atoms with Crippen LogP contribution >= 0.6 is 15.6 Å². The van der Waals surface area contributed by atoms with Gasteiger partial charge in [-0.05, 0) is 57.3 Å². The summed E-state index contributed by atoms with van der Waals surface area (Å²) in [5.41, 5.74) is 0. The van der Waals surface area contributed by atoms with Crippen LogP contribution in [0.25, 0.3) is 0 Å². The first-order valence-corrected chi connectivity index (χ1v) is 43.5. The average molecular weight is 1430 g/mol. The van der Waals surface area contributed by atoms with Crippen LogP contribution in [-0.4, -0.2) is 96.7 Å². The lowest BCUT2D eigenvalue weighted by Gasteiger charge is -2.21. The van der Waals surface area contributed by atoms with E-state index in [0.717, 1.165) is 115 Å². The maximum absolute atomic E-state index is 13.1. The number of carbonyl (C=O) groups is 4. The Balaban J connectivity index is 5.27. The van der Waals surface area contributed by atoms with Gasteiger partial charge >= 0.3 is 39.5 Å². The maximum Gasteiger partial charge on any atom is 0.472 e. The third kappa shape index (κ3) is 70.6. The highest BCUT2D eigenvalue weighted by atomic mass is 31.2. The number of hydrogen-bond donors (Lipinski definition) is 3. The van der Waals surface area contributed by atoms with Gasteiger partial charge in [-0.25, -0.2) is 9.13 Å². The molecule has 0 aliphatic heterocycles. The van der Waals surface area contributed by atoms with E-state index in [9.17, 15) is 43.2 Å². The molecule has 0 aromatic carbocycles. The molecule has 19 heteroatoms. The summed E-state index contributed by atoms with van der Waals surface area (Å²) in [6.45, 7) is 7.26. The summed E-state index contributed by atoms with van der Waals surface area (Å²) in [5, 5.41) is 10.6. The van der Waals surface area contributed by atoms with Crippen LogP contribution in [0.1, 0.15) is 394 Å². The second kappa shape index (κ2) is 71.5. The average Bonchev–Trinajstić information content (AvgIpc) is 0.978. The van der Waals surface area contributed by atoms with E-state index < -0.39 is 97.5 Å². The summed E-state index contributed by atoms with van der Waals surface area (Å²) in [7, 11) is -9.93. The Labute approximate surface area is 599 Å². The van der Waals surface area contributed by atoms with Gasteiger partial charge in [0.05, 0.1) is 26.4 Å². The fourth-order valence-electron chi connectivity index (χ4n) is 11.7. The topological polar surface area (TPSA) is 237 Å². The highest BCUT2D eigenvalue weighted by molar-refractivity contribution is 7.47. The van der Waals surface area contributed by atoms with Crippen LogP contribution in [0.4, 0.5) is 0 Å². The van der Waals surface area contributed by atoms with Gasteiger partial charge in [0.2, 0.25) is 0 Å². The second-order valence-corrected chi connectivity index (χ2v) is 30.9. The zero-order chi connectivity index (χ0) is 71.9. The Bertz CT molecular complexity index is 1970. The van der Waals surface area contributed by atoms with Gasteiger partial charge in [0, 0.05) is 25.7 Å². The number of ether oxygens (including phenoxy) is 4. The summed E-state index contributed by atoms with van der Waals surface area (Å²) in [6, 6.07) is 0. The Morgan fingerprint density at radius 2 is 0.571 bits per heavy atom. The van der Waals surface area contributed by atoms with Crippen molar-refractivity contribution in [2.75, 3.05) is 39.6 Å². The molecule has 0 saturated carbocycles. The first-order valence-electron chi connectivity index (χ1n) is 40.5. The van der Waals surface area contributed by atoms with Gasteiger partial charge in [-0.3, -0.25) is 37.3 Å². The molecule has 0 bridgehead atoms. The number of allylic oxidation sites excluding steroid dienone is 4. The Morgan fingerprint density at radius 1 is 0.327 bits per heavy atom. The van der Waals surface area contributed by atoms with Crippen molar-refractivity contribution < 1.29 is 80.2 Å². The summed E-state index contributed by atoms with van der Waals surface area (Å²) >= 11 is 0. The molecule has 0 aliphatic carbocycles. The first-order chi connectivity index (χ1) is 47.6. The molecule has 0 spiro atoms. The lowest BCUT2D eigenvalue weighted by molar-refractivity contribution is -0.161. The number of aliphatic hydroxyl groups is 1. The predicted octanol–water partition coefficient (Wildman–Crippen LogP) is 23.2. The minimum absolute atomic E-state index is 0.102. The van der Waals surface area contributed by atoms with E-state index in [1.165, 1.54) is 199 Å². The van der Waals surface area contributed by atoms with Gasteiger partial charge < -0.3 is 33.8 Å². The summed E-state index contributed by atoms with van der Waals surface area (Å²) in [6.07, 6.45) is 64.5. The van der Waals surface area contributed by atoms with Crippen LogP contribution in [0.15, 0.2) is 24.3 Å². The van der Waals surface area contributed by atoms with Crippen LogP contribution in [0.3, 0.4) is 0 Å². The van der Waals surface area contributed by atoms with Crippen molar-refractivity contribution in [3.8, 4) is 0 Å². The molecular weight excluding hydrogens is 1280 g/mol. The van der Waals surface area contributed by atoms with Crippen LogP contribution in [0, 0.1) is 5.92 Å². The molecule has 0 radical (unpaired) electrons. The summed E-state index contributed by atoms with van der Waals surface area (Å²) in [4.78, 5) is 72.9. The van der Waals surface area contributed by atoms with E-state index >= 15 is 0 Å². The number of rotatable bonds is 77. The standard InChI is InChI=1S/C79H150O17P2/c1-6-10-13-16-19-22-25-27-29-30-31-32-34-36-38-44-49-54-59-64-78(83)95-75(69-90-77(82)63-58-53-48-43-37-35-33-28-26-23-20-17-14-11-7-2)71-94-98(87,88)92-67-73(80)66-91-97(85,86)93-70-74(68-89-76(81)62-57-52-47-42-24-21-18-15-12-8-3)96-79(84)65-60-55-50-45-40-39-41-46-51-56-61-72(5)9-4/h23,26,28,33,72-75,80H,6-22,24-25,27,29-32,34-71H2,1-5H3,(H,85,86)(H,87,88)/b26-23-,33-28-/t72?,73-,74+,75+/m0/s1. The highest BCUT2D eigenvalue weighted by Gasteiger charge is 2.30. The second-order valence-electron chi connectivity index (χ2n) is 28.0. The van der Waals surface area contributed by atoms with E-state index in [1.807, 2.05) is 0 Å². The molecule has 0 aromatic heterocycles. The number of hydrogen-bond acceptors (Lipinski definition) is 15. The molecule has 3 N–H and O–H groups in total. The first kappa shape index (κ1) is 95.5. The normalized spacial score (nSPS) is 14.3. The maximum atomic E-state index is 13.1. The smallest absolute Gasteiger partial charge is 0.462 e. The zero-order valence-corrected chi connectivity index (χ0v) is 65.2. The predicted molar refractivity (Wildman–Crippen MR) is 400 cm³/mol. The summed E-state index contributed by atoms with van der Waals surface area (Å²) < 4.78 is 68.6. The van der Waals surface area contributed by atoms with Crippen molar-refractivity contribution in [2.24, 2.45) is 5.92 Å². The van der Waals surface area contributed by atoms with Crippen LogP contribution in [0.2, 0.25) is 0 Å². The van der Waals surface area contributed by atoms with Crippen molar-refractivity contribution in [2.45, 2.75) is 412 Å². The molecule has 0 fully saturated rings. The van der Waals surface area contributed by atoms with Gasteiger partial charge in [0.1, 0.15) is 19.3 Å². The minimum atomic E-state index is -4.97. The molecule has 0 aromatic rings. The van der Waals surface area contributed by atoms with E-state index in [0.29, 0.717) is 25.7 Å². The van der Waals surface area contributed by atoms with E-state index in [1.54, 1.807) is 0 Å². The Morgan fingerprint density at radius 3 is 0.867 bits per heavy atom. The van der Waals surface area contributed by atoms with Gasteiger partial charge in [-0.2, -0.15) is 0 Å². The molecular formula is C79H150O17P2. The lowest BCUT2D eigenvalue weighted by atomic mass is 9.99. The van der Waals surface area contributed by atoms with Crippen molar-refractivity contribution >= 4 is 39.5 Å². The van der Waals surface area contributed by atoms with Gasteiger partial charge in [-0.15, -0.1) is 0 Å². The molecule has 98 heavy (non-hydrogen) atoms. The molecule has 0 rings (SSSR count). The Hall–Kier alpha value is -2.46. The molecule has 578 valence electrons. The molecule has 0 saturated heterocycles. The third-order valence-corrected chi connectivity index (χ3v) is 20.2. The zero-order valence-electron chi connectivity index (χ0n) is 63.4. The van der Waals surface area contributed by atoms with E-state index in [2.05, 4.69) is 58.9 Å². The molecule has 6 atom stereocenters. The SMILES string of the molecule is CCCCCC/C=C\C=C/CCCCCCCC(=O)OC[C@H](COP(=O)(O)OC[C@@H](O)COP(=O)(O)OC[C@@H](COC(=O)CCCCCCCCCCCC)OC(=O)CCCCCCCCCCCCC(C)CC)OC(=O)CCCCCCCCCCCCCCCCCCCCC. The van der Waals surface area contributed by atoms with Gasteiger partial charge in [0.15, 0.2) is 12.2 Å². The van der Waals surface area contributed by atoms with Gasteiger partial charge in [0.25, 0.3) is 0 Å². The van der Waals surface area contributed by atoms with Crippen molar-refractivity contribution in [1.82, 2.24) is 0 Å². The fraction of sp³-hybridized carbons (Fsp3) is 0.899. The minimum Gasteiger partial charge on any atom is -0.462 e. The highest BCUT2D eigenvalue weighted by Crippen LogP contribution is 2.45.